The number of anilines is 1. The van der Waals surface area contributed by atoms with E-state index in [0.29, 0.717) is 13.0 Å². The number of carboxylic acids is 1. The van der Waals surface area contributed by atoms with Gasteiger partial charge in [-0.2, -0.15) is 0 Å². The van der Waals surface area contributed by atoms with Crippen molar-refractivity contribution in [1.82, 2.24) is 5.32 Å². The molecule has 1 heterocycles. The van der Waals surface area contributed by atoms with E-state index >= 15 is 0 Å². The van der Waals surface area contributed by atoms with Gasteiger partial charge in [0.2, 0.25) is 5.91 Å². The van der Waals surface area contributed by atoms with E-state index in [4.69, 9.17) is 5.11 Å². The molecule has 5 heteroatoms. The molecule has 108 valence electrons. The smallest absolute Gasteiger partial charge is 0.303 e. The van der Waals surface area contributed by atoms with Crippen molar-refractivity contribution in [2.75, 3.05) is 18.4 Å². The number of benzene rings is 1. The van der Waals surface area contributed by atoms with Gasteiger partial charge in [0.15, 0.2) is 0 Å². The number of carboxylic acid groups (broad SMARTS) is 1. The Bertz CT molecular complexity index is 490. The molecule has 0 radical (unpaired) electrons. The maximum atomic E-state index is 12.2. The summed E-state index contributed by atoms with van der Waals surface area (Å²) in [6, 6.07) is 7.35. The predicted molar refractivity (Wildman–Crippen MR) is 76.6 cm³/mol. The highest BCUT2D eigenvalue weighted by molar-refractivity contribution is 5.95. The van der Waals surface area contributed by atoms with Crippen molar-refractivity contribution in [3.63, 3.8) is 0 Å². The third kappa shape index (κ3) is 3.57. The Labute approximate surface area is 118 Å². The maximum Gasteiger partial charge on any atom is 0.303 e. The summed E-state index contributed by atoms with van der Waals surface area (Å²) in [6.45, 7) is 3.54. The van der Waals surface area contributed by atoms with E-state index in [-0.39, 0.29) is 17.7 Å². The van der Waals surface area contributed by atoms with Gasteiger partial charge in [0.1, 0.15) is 0 Å². The molecule has 0 bridgehead atoms. The van der Waals surface area contributed by atoms with E-state index in [1.807, 2.05) is 31.2 Å². The van der Waals surface area contributed by atoms with E-state index < -0.39 is 5.97 Å². The normalized spacial score (nSPS) is 21.6. The Hall–Kier alpha value is -1.88. The molecule has 1 aliphatic heterocycles. The number of hydrogen-bond acceptors (Lipinski definition) is 3. The topological polar surface area (TPSA) is 78.4 Å². The van der Waals surface area contributed by atoms with Gasteiger partial charge in [0.05, 0.1) is 5.41 Å². The van der Waals surface area contributed by atoms with Gasteiger partial charge in [-0.15, -0.1) is 0 Å². The van der Waals surface area contributed by atoms with Gasteiger partial charge in [0.25, 0.3) is 0 Å². The fourth-order valence-electron chi connectivity index (χ4n) is 2.30. The molecule has 1 unspecified atom stereocenters. The van der Waals surface area contributed by atoms with Gasteiger partial charge in [-0.25, -0.2) is 0 Å². The molecule has 1 aromatic carbocycles. The van der Waals surface area contributed by atoms with Crippen LogP contribution in [0.15, 0.2) is 24.3 Å². The minimum atomic E-state index is -0.802. The largest absolute Gasteiger partial charge is 0.481 e. The van der Waals surface area contributed by atoms with Crippen molar-refractivity contribution in [2.45, 2.75) is 26.2 Å². The number of rotatable bonds is 5. The number of nitrogens with one attached hydrogen (secondary N) is 2. The molecule has 2 rings (SSSR count). The van der Waals surface area contributed by atoms with Crippen LogP contribution in [0.4, 0.5) is 5.69 Å². The molecule has 0 saturated carbocycles. The lowest BCUT2D eigenvalue weighted by Crippen LogP contribution is -2.35. The molecule has 1 fully saturated rings. The minimum Gasteiger partial charge on any atom is -0.481 e. The van der Waals surface area contributed by atoms with Crippen LogP contribution in [0.2, 0.25) is 0 Å². The summed E-state index contributed by atoms with van der Waals surface area (Å²) in [5.41, 5.74) is 1.36. The zero-order chi connectivity index (χ0) is 14.6. The Balaban J connectivity index is 1.93. The van der Waals surface area contributed by atoms with Crippen LogP contribution >= 0.6 is 0 Å². The van der Waals surface area contributed by atoms with Crippen LogP contribution in [-0.2, 0) is 16.0 Å². The van der Waals surface area contributed by atoms with Crippen molar-refractivity contribution < 1.29 is 14.7 Å². The lowest BCUT2D eigenvalue weighted by Gasteiger charge is -2.21. The van der Waals surface area contributed by atoms with Crippen molar-refractivity contribution in [1.29, 1.82) is 0 Å². The Morgan fingerprint density at radius 3 is 2.60 bits per heavy atom. The molecular formula is C15H20N2O3. The highest BCUT2D eigenvalue weighted by atomic mass is 16.4. The summed E-state index contributed by atoms with van der Waals surface area (Å²) in [4.78, 5) is 22.7. The molecule has 0 aliphatic carbocycles. The fraction of sp³-hybridized carbons (Fsp3) is 0.467. The lowest BCUT2D eigenvalue weighted by atomic mass is 9.88. The molecule has 1 aromatic rings. The van der Waals surface area contributed by atoms with Crippen LogP contribution in [0.25, 0.3) is 0 Å². The molecule has 20 heavy (non-hydrogen) atoms. The summed E-state index contributed by atoms with van der Waals surface area (Å²) in [7, 11) is 0. The molecule has 0 spiro atoms. The first-order valence-electron chi connectivity index (χ1n) is 6.82. The van der Waals surface area contributed by atoms with Crippen LogP contribution in [0.3, 0.4) is 0 Å². The second-order valence-electron chi connectivity index (χ2n) is 5.53. The average molecular weight is 276 g/mol. The Morgan fingerprint density at radius 1 is 1.35 bits per heavy atom. The van der Waals surface area contributed by atoms with Gasteiger partial charge in [-0.1, -0.05) is 12.1 Å². The molecule has 1 amide bonds. The van der Waals surface area contributed by atoms with Crippen LogP contribution in [0, 0.1) is 5.41 Å². The second-order valence-corrected chi connectivity index (χ2v) is 5.53. The SMILES string of the molecule is CC1(C(=O)Nc2ccc(CCC(=O)O)cc2)CCNC1. The van der Waals surface area contributed by atoms with Crippen molar-refractivity contribution in [2.24, 2.45) is 5.41 Å². The molecular weight excluding hydrogens is 256 g/mol. The van der Waals surface area contributed by atoms with E-state index in [0.717, 1.165) is 24.2 Å². The number of amides is 1. The molecule has 5 nitrogen and oxygen atoms in total. The number of hydrogen-bond donors (Lipinski definition) is 3. The minimum absolute atomic E-state index is 0.0285. The highest BCUT2D eigenvalue weighted by Crippen LogP contribution is 2.26. The molecule has 1 atom stereocenters. The van der Waals surface area contributed by atoms with E-state index in [2.05, 4.69) is 10.6 Å². The number of aryl methyl sites for hydroxylation is 1. The van der Waals surface area contributed by atoms with Gasteiger partial charge < -0.3 is 15.7 Å². The standard InChI is InChI=1S/C15H20N2O3/c1-15(8-9-16-10-15)14(20)17-12-5-2-11(3-6-12)4-7-13(18)19/h2-3,5-6,16H,4,7-10H2,1H3,(H,17,20)(H,18,19). The van der Waals surface area contributed by atoms with Crippen LogP contribution in [-0.4, -0.2) is 30.1 Å². The molecule has 3 N–H and O–H groups in total. The predicted octanol–water partition coefficient (Wildman–Crippen LogP) is 1.64. The third-order valence-corrected chi connectivity index (χ3v) is 3.76. The zero-order valence-electron chi connectivity index (χ0n) is 11.6. The van der Waals surface area contributed by atoms with Gasteiger partial charge in [-0.05, 0) is 44.0 Å². The zero-order valence-corrected chi connectivity index (χ0v) is 11.6. The average Bonchev–Trinajstić information content (AvgIpc) is 2.86. The summed E-state index contributed by atoms with van der Waals surface area (Å²) >= 11 is 0. The molecule has 0 aromatic heterocycles. The van der Waals surface area contributed by atoms with Gasteiger partial charge in [-0.3, -0.25) is 9.59 Å². The third-order valence-electron chi connectivity index (χ3n) is 3.76. The number of carbonyl (C=O) groups is 2. The van der Waals surface area contributed by atoms with Crippen LogP contribution in [0.5, 0.6) is 0 Å². The second kappa shape index (κ2) is 6.05. The first kappa shape index (κ1) is 14.5. The summed E-state index contributed by atoms with van der Waals surface area (Å²) in [5, 5.41) is 14.8. The maximum absolute atomic E-state index is 12.2. The van der Waals surface area contributed by atoms with Crippen molar-refractivity contribution in [3.05, 3.63) is 29.8 Å². The Kier molecular flexibility index (Phi) is 4.39. The molecule has 1 aliphatic rings. The quantitative estimate of drug-likeness (QED) is 0.764. The molecule has 1 saturated heterocycles. The first-order chi connectivity index (χ1) is 9.49. The lowest BCUT2D eigenvalue weighted by molar-refractivity contribution is -0.137. The summed E-state index contributed by atoms with van der Waals surface area (Å²) < 4.78 is 0. The van der Waals surface area contributed by atoms with E-state index in [9.17, 15) is 9.59 Å². The van der Waals surface area contributed by atoms with Crippen molar-refractivity contribution >= 4 is 17.6 Å². The van der Waals surface area contributed by atoms with Crippen LogP contribution in [0.1, 0.15) is 25.3 Å². The Morgan fingerprint density at radius 2 is 2.05 bits per heavy atom. The summed E-state index contributed by atoms with van der Waals surface area (Å²) in [5.74, 6) is -0.773. The van der Waals surface area contributed by atoms with E-state index in [1.54, 1.807) is 0 Å². The number of carbonyl (C=O) groups excluding carboxylic acids is 1. The van der Waals surface area contributed by atoms with Gasteiger partial charge >= 0.3 is 5.97 Å². The fourth-order valence-corrected chi connectivity index (χ4v) is 2.30. The first-order valence-corrected chi connectivity index (χ1v) is 6.82. The van der Waals surface area contributed by atoms with E-state index in [1.165, 1.54) is 0 Å². The van der Waals surface area contributed by atoms with Gasteiger partial charge in [0, 0.05) is 18.7 Å². The monoisotopic (exact) mass is 276 g/mol. The number of aliphatic carboxylic acids is 1. The highest BCUT2D eigenvalue weighted by Gasteiger charge is 2.36. The van der Waals surface area contributed by atoms with Crippen molar-refractivity contribution in [3.8, 4) is 0 Å². The van der Waals surface area contributed by atoms with Crippen LogP contribution < -0.4 is 10.6 Å². The summed E-state index contributed by atoms with van der Waals surface area (Å²) in [6.07, 6.45) is 1.47.